The van der Waals surface area contributed by atoms with Crippen molar-refractivity contribution in [1.29, 1.82) is 0 Å². The van der Waals surface area contributed by atoms with E-state index in [9.17, 15) is 13.2 Å². The number of alkyl halides is 3. The van der Waals surface area contributed by atoms with Gasteiger partial charge in [-0.05, 0) is 18.4 Å². The Morgan fingerprint density at radius 1 is 1.60 bits per heavy atom. The summed E-state index contributed by atoms with van der Waals surface area (Å²) in [6.07, 6.45) is -0.0452. The van der Waals surface area contributed by atoms with Gasteiger partial charge in [-0.15, -0.1) is 0 Å². The molecule has 2 heterocycles. The molecule has 1 aromatic rings. The Labute approximate surface area is 118 Å². The highest BCUT2D eigenvalue weighted by molar-refractivity contribution is 6.26. The predicted molar refractivity (Wildman–Crippen MR) is 66.6 cm³/mol. The molecular formula is C12H12ClF3N2O2. The Morgan fingerprint density at radius 2 is 2.15 bits per heavy atom. The third kappa shape index (κ3) is 2.54. The summed E-state index contributed by atoms with van der Waals surface area (Å²) in [5.74, 6) is -1.99. The molecule has 1 saturated carbocycles. The maximum atomic E-state index is 10.6. The molecule has 1 spiro atoms. The molecule has 1 fully saturated rings. The van der Waals surface area contributed by atoms with Crippen LogP contribution in [0.1, 0.15) is 18.9 Å². The summed E-state index contributed by atoms with van der Waals surface area (Å²) in [5, 5.41) is 7.12. The van der Waals surface area contributed by atoms with Crippen molar-refractivity contribution in [3.05, 3.63) is 24.0 Å². The van der Waals surface area contributed by atoms with E-state index < -0.39 is 12.1 Å². The minimum Gasteiger partial charge on any atom is -0.475 e. The SMILES string of the molecule is CC1CC12CN(Cl)c1ccncc12.O=C(O)C(F)(F)F. The fourth-order valence-corrected chi connectivity index (χ4v) is 2.84. The second kappa shape index (κ2) is 4.80. The summed E-state index contributed by atoms with van der Waals surface area (Å²) >= 11 is 6.14. The van der Waals surface area contributed by atoms with Crippen LogP contribution < -0.4 is 4.42 Å². The molecule has 0 radical (unpaired) electrons. The first kappa shape index (κ1) is 14.9. The van der Waals surface area contributed by atoms with Crippen LogP contribution in [0.3, 0.4) is 0 Å². The maximum Gasteiger partial charge on any atom is 0.490 e. The van der Waals surface area contributed by atoms with Crippen molar-refractivity contribution < 1.29 is 23.1 Å². The summed E-state index contributed by atoms with van der Waals surface area (Å²) in [6, 6.07) is 2.00. The van der Waals surface area contributed by atoms with Crippen molar-refractivity contribution >= 4 is 23.4 Å². The second-order valence-corrected chi connectivity index (χ2v) is 5.39. The minimum absolute atomic E-state index is 0.339. The molecule has 0 aromatic carbocycles. The largest absolute Gasteiger partial charge is 0.490 e. The molecule has 2 aliphatic rings. The summed E-state index contributed by atoms with van der Waals surface area (Å²) in [7, 11) is 0. The molecule has 0 saturated heterocycles. The van der Waals surface area contributed by atoms with Crippen LogP contribution in [0.25, 0.3) is 0 Å². The van der Waals surface area contributed by atoms with E-state index in [2.05, 4.69) is 11.9 Å². The van der Waals surface area contributed by atoms with Gasteiger partial charge in [0.1, 0.15) is 0 Å². The van der Waals surface area contributed by atoms with Crippen molar-refractivity contribution in [3.63, 3.8) is 0 Å². The molecule has 0 amide bonds. The van der Waals surface area contributed by atoms with E-state index in [-0.39, 0.29) is 0 Å². The molecule has 3 rings (SSSR count). The van der Waals surface area contributed by atoms with E-state index in [0.717, 1.165) is 18.2 Å². The van der Waals surface area contributed by atoms with Gasteiger partial charge in [-0.2, -0.15) is 13.2 Å². The number of carboxylic acids is 1. The lowest BCUT2D eigenvalue weighted by Crippen LogP contribution is -2.21. The van der Waals surface area contributed by atoms with E-state index in [1.807, 2.05) is 16.7 Å². The number of fused-ring (bicyclic) bond motifs is 2. The first-order valence-corrected chi connectivity index (χ1v) is 6.20. The Kier molecular flexibility index (Phi) is 3.58. The predicted octanol–water partition coefficient (Wildman–Crippen LogP) is 2.97. The molecule has 1 N–H and O–H groups in total. The van der Waals surface area contributed by atoms with Gasteiger partial charge in [0.2, 0.25) is 0 Å². The molecule has 0 bridgehead atoms. The average Bonchev–Trinajstić information content (AvgIpc) is 2.90. The number of carboxylic acid groups (broad SMARTS) is 1. The van der Waals surface area contributed by atoms with E-state index >= 15 is 0 Å². The molecule has 4 nitrogen and oxygen atoms in total. The van der Waals surface area contributed by atoms with Gasteiger partial charge in [0.15, 0.2) is 0 Å². The van der Waals surface area contributed by atoms with Gasteiger partial charge in [-0.1, -0.05) is 6.92 Å². The van der Waals surface area contributed by atoms with E-state index in [0.29, 0.717) is 5.41 Å². The molecule has 8 heteroatoms. The van der Waals surface area contributed by atoms with Crippen molar-refractivity contribution in [2.75, 3.05) is 11.0 Å². The van der Waals surface area contributed by atoms with Gasteiger partial charge in [-0.3, -0.25) is 9.40 Å². The Hall–Kier alpha value is -1.50. The standard InChI is InChI=1S/C10H11ClN2.C2HF3O2/c1-7-4-10(7)6-13(11)9-2-3-12-5-8(9)10;3-2(4,5)1(6)7/h2-3,5,7H,4,6H2,1H3;(H,6,7). The average molecular weight is 309 g/mol. The van der Waals surface area contributed by atoms with Gasteiger partial charge in [-0.25, -0.2) is 4.79 Å². The van der Waals surface area contributed by atoms with Crippen LogP contribution in [0.4, 0.5) is 18.9 Å². The lowest BCUT2D eigenvalue weighted by atomic mass is 9.98. The molecule has 1 aliphatic heterocycles. The van der Waals surface area contributed by atoms with Gasteiger partial charge in [0.05, 0.1) is 5.69 Å². The smallest absolute Gasteiger partial charge is 0.475 e. The van der Waals surface area contributed by atoms with Gasteiger partial charge >= 0.3 is 12.1 Å². The van der Waals surface area contributed by atoms with Crippen molar-refractivity contribution in [1.82, 2.24) is 4.98 Å². The highest BCUT2D eigenvalue weighted by Gasteiger charge is 2.58. The van der Waals surface area contributed by atoms with Crippen molar-refractivity contribution in [2.45, 2.75) is 24.9 Å². The number of halogens is 4. The van der Waals surface area contributed by atoms with E-state index in [1.54, 1.807) is 6.20 Å². The molecule has 1 aliphatic carbocycles. The second-order valence-electron chi connectivity index (χ2n) is 4.98. The summed E-state index contributed by atoms with van der Waals surface area (Å²) in [4.78, 5) is 13.1. The summed E-state index contributed by atoms with van der Waals surface area (Å²) in [5.41, 5.74) is 2.84. The first-order chi connectivity index (χ1) is 9.18. The minimum atomic E-state index is -5.08. The number of nitrogens with zero attached hydrogens (tertiary/aromatic N) is 2. The van der Waals surface area contributed by atoms with Crippen LogP contribution >= 0.6 is 11.8 Å². The zero-order valence-corrected chi connectivity index (χ0v) is 11.2. The monoisotopic (exact) mass is 308 g/mol. The van der Waals surface area contributed by atoms with Crippen LogP contribution in [-0.4, -0.2) is 28.8 Å². The highest BCUT2D eigenvalue weighted by atomic mass is 35.5. The number of pyridine rings is 1. The van der Waals surface area contributed by atoms with Crippen LogP contribution in [0, 0.1) is 5.92 Å². The van der Waals surface area contributed by atoms with E-state index in [1.165, 1.54) is 12.0 Å². The van der Waals surface area contributed by atoms with Crippen molar-refractivity contribution in [2.24, 2.45) is 5.92 Å². The molecule has 20 heavy (non-hydrogen) atoms. The Balaban J connectivity index is 0.000000182. The van der Waals surface area contributed by atoms with Gasteiger partial charge in [0.25, 0.3) is 0 Å². The zero-order chi connectivity index (χ0) is 15.1. The van der Waals surface area contributed by atoms with Crippen molar-refractivity contribution in [3.8, 4) is 0 Å². The first-order valence-electron chi connectivity index (χ1n) is 5.86. The molecule has 1 aromatic heterocycles. The van der Waals surface area contributed by atoms with E-state index in [4.69, 9.17) is 21.7 Å². The van der Waals surface area contributed by atoms with Crippen LogP contribution in [-0.2, 0) is 10.2 Å². The lowest BCUT2D eigenvalue weighted by Gasteiger charge is -2.07. The quantitative estimate of drug-likeness (QED) is 0.749. The fraction of sp³-hybridized carbons (Fsp3) is 0.500. The summed E-state index contributed by atoms with van der Waals surface area (Å²) in [6.45, 7) is 3.24. The number of hydrogen-bond acceptors (Lipinski definition) is 3. The summed E-state index contributed by atoms with van der Waals surface area (Å²) < 4.78 is 33.6. The third-order valence-electron chi connectivity index (χ3n) is 3.71. The number of anilines is 1. The maximum absolute atomic E-state index is 10.6. The third-order valence-corrected chi connectivity index (χ3v) is 4.01. The highest BCUT2D eigenvalue weighted by Crippen LogP contribution is 2.60. The number of carbonyl (C=O) groups is 1. The molecule has 2 unspecified atom stereocenters. The lowest BCUT2D eigenvalue weighted by molar-refractivity contribution is -0.192. The normalized spacial score (nSPS) is 26.9. The number of rotatable bonds is 0. The van der Waals surface area contributed by atoms with Gasteiger partial charge in [0, 0.05) is 41.7 Å². The fourth-order valence-electron chi connectivity index (χ4n) is 2.48. The van der Waals surface area contributed by atoms with Crippen LogP contribution in [0.5, 0.6) is 0 Å². The van der Waals surface area contributed by atoms with Gasteiger partial charge < -0.3 is 5.11 Å². The number of aliphatic carboxylic acids is 1. The molecule has 2 atom stereocenters. The Bertz CT molecular complexity index is 538. The van der Waals surface area contributed by atoms with Crippen LogP contribution in [0.2, 0.25) is 0 Å². The number of aromatic nitrogens is 1. The molecule has 110 valence electrons. The topological polar surface area (TPSA) is 53.4 Å². The zero-order valence-electron chi connectivity index (χ0n) is 10.5. The Morgan fingerprint density at radius 3 is 2.60 bits per heavy atom. The molecular weight excluding hydrogens is 297 g/mol. The van der Waals surface area contributed by atoms with Crippen LogP contribution in [0.15, 0.2) is 18.5 Å². The number of hydrogen-bond donors (Lipinski definition) is 1.